The number of aromatic nitrogens is 4. The molecule has 4 heterocycles. The number of rotatable bonds is 6. The number of aliphatic hydroxyl groups is 6. The Hall–Kier alpha value is -1.14. The molecule has 22 nitrogen and oxygen atoms in total. The van der Waals surface area contributed by atoms with Crippen molar-refractivity contribution in [3.63, 3.8) is 0 Å². The zero-order chi connectivity index (χ0) is 32.0. The van der Waals surface area contributed by atoms with Crippen LogP contribution in [-0.4, -0.2) is 126 Å². The van der Waals surface area contributed by atoms with Crippen LogP contribution in [0.3, 0.4) is 0 Å². The predicted molar refractivity (Wildman–Crippen MR) is 126 cm³/mol. The van der Waals surface area contributed by atoms with Crippen LogP contribution in [0.2, 0.25) is 0 Å². The van der Waals surface area contributed by atoms with Gasteiger partial charge in [-0.25, -0.2) is 26.4 Å². The molecule has 4 rings (SSSR count). The average Bonchev–Trinajstić information content (AvgIpc) is 3.30. The van der Waals surface area contributed by atoms with Gasteiger partial charge in [0.05, 0.1) is 13.2 Å². The number of ether oxygens (including phenoxy) is 2. The predicted octanol–water partition coefficient (Wildman–Crippen LogP) is -14.4. The van der Waals surface area contributed by atoms with E-state index in [1.165, 1.54) is 0 Å². The molecule has 0 aromatic carbocycles. The van der Waals surface area contributed by atoms with Crippen LogP contribution < -0.4 is 81.6 Å². The van der Waals surface area contributed by atoms with Gasteiger partial charge >= 0.3 is 70.5 Å². The van der Waals surface area contributed by atoms with Gasteiger partial charge in [0.25, 0.3) is 21.2 Å². The summed E-state index contributed by atoms with van der Waals surface area (Å²) >= 11 is 0. The Morgan fingerprint density at radius 2 is 1.00 bits per heavy atom. The van der Waals surface area contributed by atoms with Gasteiger partial charge in [0.2, 0.25) is 0 Å². The SMILES string of the molecule is O=c1ccn([C@]2(S(=O)(=O)[O-])O[C@H](CO)[C@@H](O)[C@H]2O)c(=O)[nH]1.O=c1ccn([C@]2(S(=O)(=O)[O-])O[C@H](CO)[C@@H](O)[C@H]2O)c(=O)[nH]1.[Na+].[Na+]. The first-order valence-corrected chi connectivity index (χ1v) is 14.0. The second-order valence-corrected chi connectivity index (χ2v) is 11.7. The van der Waals surface area contributed by atoms with Gasteiger partial charge in [-0.1, -0.05) is 0 Å². The molecule has 0 aliphatic carbocycles. The van der Waals surface area contributed by atoms with Crippen molar-refractivity contribution in [3.8, 4) is 0 Å². The summed E-state index contributed by atoms with van der Waals surface area (Å²) in [5, 5.41) is 50.6. The first kappa shape index (κ1) is 40.9. The molecule has 2 aliphatic heterocycles. The number of hydrogen-bond donors (Lipinski definition) is 8. The summed E-state index contributed by atoms with van der Waals surface area (Å²) < 4.78 is 79.0. The number of aromatic amines is 2. The molecule has 2 aromatic rings. The van der Waals surface area contributed by atoms with Gasteiger partial charge in [-0.15, -0.1) is 0 Å². The molecule has 8 N–H and O–H groups in total. The Bertz CT molecular complexity index is 1650. The molecule has 0 bridgehead atoms. The van der Waals surface area contributed by atoms with Gasteiger partial charge in [0.15, 0.2) is 0 Å². The fourth-order valence-corrected chi connectivity index (χ4v) is 6.34. The average molecular weight is 692 g/mol. The summed E-state index contributed by atoms with van der Waals surface area (Å²) in [4.78, 5) is 48.8. The van der Waals surface area contributed by atoms with E-state index in [9.17, 15) is 65.5 Å². The second kappa shape index (κ2) is 14.7. The van der Waals surface area contributed by atoms with Gasteiger partial charge in [-0.3, -0.25) is 28.7 Å². The normalized spacial score (nSPS) is 31.7. The zero-order valence-corrected chi connectivity index (χ0v) is 28.1. The van der Waals surface area contributed by atoms with Crippen LogP contribution >= 0.6 is 0 Å². The minimum Gasteiger partial charge on any atom is -0.744 e. The van der Waals surface area contributed by atoms with Gasteiger partial charge in [0.1, 0.15) is 56.9 Å². The van der Waals surface area contributed by atoms with Gasteiger partial charge in [0, 0.05) is 24.5 Å². The third kappa shape index (κ3) is 6.92. The Morgan fingerprint density at radius 1 is 0.705 bits per heavy atom. The van der Waals surface area contributed by atoms with Crippen LogP contribution in [0, 0.1) is 0 Å². The molecule has 2 fully saturated rings. The van der Waals surface area contributed by atoms with E-state index in [-0.39, 0.29) is 68.2 Å². The van der Waals surface area contributed by atoms with Crippen molar-refractivity contribution in [1.82, 2.24) is 19.1 Å². The summed E-state index contributed by atoms with van der Waals surface area (Å²) in [5.41, 5.74) is -4.43. The van der Waals surface area contributed by atoms with Gasteiger partial charge in [-0.05, 0) is 0 Å². The van der Waals surface area contributed by atoms with Crippen molar-refractivity contribution in [1.29, 1.82) is 0 Å². The van der Waals surface area contributed by atoms with Crippen molar-refractivity contribution in [2.45, 2.75) is 46.7 Å². The molecule has 0 amide bonds. The molecule has 2 saturated heterocycles. The van der Waals surface area contributed by atoms with Gasteiger partial charge in [-0.2, -0.15) is 0 Å². The Balaban J connectivity index is 0.000000421. The minimum atomic E-state index is -5.53. The van der Waals surface area contributed by atoms with Gasteiger partial charge < -0.3 is 49.2 Å². The Labute approximate surface area is 288 Å². The molecule has 26 heteroatoms. The number of hydrogen-bond acceptors (Lipinski definition) is 18. The standard InChI is InChI=1S/2C9H12N2O9S.2Na/c2*12-3-4-6(14)7(15)9(20-4,21(17,18)19)11-2-1-5(13)10-8(11)16;;/h2*1-2,4,6-7,12,14-15H,3H2,(H,10,13,16)(H,17,18,19);;/q;;2*+1/p-2/t2*4-,6-,7-,9+;;/m11../s1. The summed E-state index contributed by atoms with van der Waals surface area (Å²) in [6, 6.07) is 1.45. The number of aliphatic hydroxyl groups excluding tert-OH is 6. The molecule has 2 aromatic heterocycles. The van der Waals surface area contributed by atoms with E-state index >= 15 is 0 Å². The van der Waals surface area contributed by atoms with Crippen molar-refractivity contribution in [2.75, 3.05) is 13.2 Å². The Kier molecular flexibility index (Phi) is 13.7. The van der Waals surface area contributed by atoms with E-state index in [1.54, 1.807) is 9.97 Å². The third-order valence-corrected chi connectivity index (χ3v) is 8.69. The maximum Gasteiger partial charge on any atom is 1.00 e. The van der Waals surface area contributed by atoms with E-state index < -0.39 is 103 Å². The van der Waals surface area contributed by atoms with E-state index in [0.717, 1.165) is 12.1 Å². The van der Waals surface area contributed by atoms with Crippen LogP contribution in [0.4, 0.5) is 0 Å². The van der Waals surface area contributed by atoms with Crippen LogP contribution in [0.15, 0.2) is 43.7 Å². The molecule has 44 heavy (non-hydrogen) atoms. The molecule has 0 unspecified atom stereocenters. The molecular weight excluding hydrogens is 670 g/mol. The molecule has 2 aliphatic rings. The fourth-order valence-electron chi connectivity index (χ4n) is 4.22. The van der Waals surface area contributed by atoms with Crippen molar-refractivity contribution in [3.05, 3.63) is 66.2 Å². The summed E-state index contributed by atoms with van der Waals surface area (Å²) in [6.07, 6.45) is -10.5. The van der Waals surface area contributed by atoms with Crippen LogP contribution in [0.25, 0.3) is 0 Å². The first-order valence-electron chi connectivity index (χ1n) is 11.2. The largest absolute Gasteiger partial charge is 1.00 e. The van der Waals surface area contributed by atoms with E-state index in [0.29, 0.717) is 12.4 Å². The molecule has 8 atom stereocenters. The topological polar surface area (TPSA) is 364 Å². The molecule has 236 valence electrons. The smallest absolute Gasteiger partial charge is 0.744 e. The van der Waals surface area contributed by atoms with E-state index in [1.807, 2.05) is 0 Å². The number of nitrogens with one attached hydrogen (secondary N) is 2. The molecule has 0 radical (unpaired) electrons. The third-order valence-electron chi connectivity index (χ3n) is 6.19. The molecule has 0 spiro atoms. The van der Waals surface area contributed by atoms with Crippen LogP contribution in [0.1, 0.15) is 0 Å². The monoisotopic (exact) mass is 692 g/mol. The quantitative estimate of drug-likeness (QED) is 0.103. The Morgan fingerprint density at radius 3 is 1.20 bits per heavy atom. The van der Waals surface area contributed by atoms with Crippen molar-refractivity contribution in [2.24, 2.45) is 0 Å². The summed E-state index contributed by atoms with van der Waals surface area (Å²) in [7, 11) is -11.1. The van der Waals surface area contributed by atoms with Crippen LogP contribution in [0.5, 0.6) is 0 Å². The molecule has 0 saturated carbocycles. The second-order valence-electron chi connectivity index (χ2n) is 8.68. The number of nitrogens with zero attached hydrogens (tertiary/aromatic N) is 2. The summed E-state index contributed by atoms with van der Waals surface area (Å²) in [5.74, 6) is 0. The fraction of sp³-hybridized carbons (Fsp3) is 0.556. The maximum atomic E-state index is 11.7. The molecular formula is C18H22N4Na2O18S2. The van der Waals surface area contributed by atoms with Crippen molar-refractivity contribution >= 4 is 20.2 Å². The first-order chi connectivity index (χ1) is 19.3. The van der Waals surface area contributed by atoms with Crippen LogP contribution in [-0.2, 0) is 39.8 Å². The van der Waals surface area contributed by atoms with Crippen molar-refractivity contribution < 1.29 is 125 Å². The minimum absolute atomic E-state index is 0. The van der Waals surface area contributed by atoms with E-state index in [4.69, 9.17) is 19.7 Å². The number of H-pyrrole nitrogens is 2. The zero-order valence-electron chi connectivity index (χ0n) is 22.5. The van der Waals surface area contributed by atoms with E-state index in [2.05, 4.69) is 0 Å². The summed E-state index contributed by atoms with van der Waals surface area (Å²) in [6.45, 7) is -1.82. The maximum absolute atomic E-state index is 11.7.